The molecule has 1 aromatic heterocycles. The van der Waals surface area contributed by atoms with Crippen LogP contribution >= 0.6 is 34.9 Å². The molecule has 2 aromatic carbocycles. The molecule has 0 aliphatic heterocycles. The second-order valence-corrected chi connectivity index (χ2v) is 9.86. The molecule has 0 bridgehead atoms. The molecule has 11 heteroatoms. The molecule has 0 fully saturated rings. The number of hydrogen-bond acceptors (Lipinski definition) is 9. The molecule has 160 valence electrons. The molecule has 0 saturated carbocycles. The number of aryl methyl sites for hydroxylation is 1. The minimum Gasteiger partial charge on any atom is -0.272 e. The summed E-state index contributed by atoms with van der Waals surface area (Å²) < 4.78 is 1.56. The number of thioether (sulfide) groups is 2. The zero-order valence-corrected chi connectivity index (χ0v) is 19.2. The van der Waals surface area contributed by atoms with E-state index in [0.29, 0.717) is 15.6 Å². The number of nitro groups is 1. The first-order chi connectivity index (χ1) is 14.9. The Hall–Kier alpha value is -2.76. The summed E-state index contributed by atoms with van der Waals surface area (Å²) in [5, 5.41) is 23.2. The standard InChI is InChI=1S/C20H19N5O3S3/c1-13-6-8-15(9-7-13)11-29-19-23-24-20(31-19)30-12-18(26)22-21-14(2)16-4-3-5-17(10-16)25(27)28/h3-10H,11-12H2,1-2H3,(H,22,26)/b21-14-. The van der Waals surface area contributed by atoms with E-state index in [1.54, 1.807) is 30.8 Å². The molecule has 1 heterocycles. The van der Waals surface area contributed by atoms with Crippen LogP contribution in [0.2, 0.25) is 0 Å². The van der Waals surface area contributed by atoms with E-state index in [4.69, 9.17) is 0 Å². The van der Waals surface area contributed by atoms with Crippen LogP contribution in [0.3, 0.4) is 0 Å². The predicted molar refractivity (Wildman–Crippen MR) is 125 cm³/mol. The number of rotatable bonds is 9. The molecule has 0 radical (unpaired) electrons. The van der Waals surface area contributed by atoms with Crippen LogP contribution in [-0.2, 0) is 10.5 Å². The summed E-state index contributed by atoms with van der Waals surface area (Å²) in [4.78, 5) is 22.5. The zero-order valence-electron chi connectivity index (χ0n) is 16.8. The molecule has 1 N–H and O–H groups in total. The summed E-state index contributed by atoms with van der Waals surface area (Å²) in [6.45, 7) is 3.73. The van der Waals surface area contributed by atoms with Crippen LogP contribution in [-0.4, -0.2) is 32.5 Å². The van der Waals surface area contributed by atoms with Gasteiger partial charge in [-0.1, -0.05) is 76.8 Å². The smallest absolute Gasteiger partial charge is 0.270 e. The SMILES string of the molecule is C/C(=N/NC(=O)CSc1nnc(SCc2ccc(C)cc2)s1)c1cccc([N+](=O)[O-])c1. The second kappa shape index (κ2) is 11.0. The van der Waals surface area contributed by atoms with E-state index in [0.717, 1.165) is 10.1 Å². The molecule has 0 atom stereocenters. The molecule has 0 aliphatic carbocycles. The topological polar surface area (TPSA) is 110 Å². The van der Waals surface area contributed by atoms with Gasteiger partial charge in [-0.15, -0.1) is 10.2 Å². The Labute approximate surface area is 191 Å². The summed E-state index contributed by atoms with van der Waals surface area (Å²) in [6.07, 6.45) is 0. The van der Waals surface area contributed by atoms with Crippen molar-refractivity contribution in [3.63, 3.8) is 0 Å². The zero-order chi connectivity index (χ0) is 22.2. The van der Waals surface area contributed by atoms with E-state index in [1.165, 1.54) is 46.4 Å². The summed E-state index contributed by atoms with van der Waals surface area (Å²) in [6, 6.07) is 14.5. The molecule has 31 heavy (non-hydrogen) atoms. The van der Waals surface area contributed by atoms with Gasteiger partial charge in [0.1, 0.15) is 0 Å². The molecule has 8 nitrogen and oxygen atoms in total. The number of benzene rings is 2. The van der Waals surface area contributed by atoms with Gasteiger partial charge in [-0.2, -0.15) is 5.10 Å². The molecular formula is C20H19N5O3S3. The number of carbonyl (C=O) groups excluding carboxylic acids is 1. The van der Waals surface area contributed by atoms with Gasteiger partial charge in [0.2, 0.25) is 0 Å². The van der Waals surface area contributed by atoms with Crippen molar-refractivity contribution >= 4 is 52.2 Å². The number of hydrogen-bond donors (Lipinski definition) is 1. The number of hydrazone groups is 1. The lowest BCUT2D eigenvalue weighted by Crippen LogP contribution is -2.21. The quantitative estimate of drug-likeness (QED) is 0.208. The average molecular weight is 474 g/mol. The van der Waals surface area contributed by atoms with Crippen molar-refractivity contribution < 1.29 is 9.72 Å². The van der Waals surface area contributed by atoms with Crippen LogP contribution in [0, 0.1) is 17.0 Å². The van der Waals surface area contributed by atoms with E-state index in [-0.39, 0.29) is 17.3 Å². The van der Waals surface area contributed by atoms with Gasteiger partial charge in [0.25, 0.3) is 11.6 Å². The maximum atomic E-state index is 12.1. The molecule has 0 aliphatic rings. The van der Waals surface area contributed by atoms with Crippen molar-refractivity contribution in [2.45, 2.75) is 28.3 Å². The maximum Gasteiger partial charge on any atom is 0.270 e. The van der Waals surface area contributed by atoms with E-state index < -0.39 is 4.92 Å². The first kappa shape index (κ1) is 22.9. The Morgan fingerprint density at radius 3 is 2.58 bits per heavy atom. The Morgan fingerprint density at radius 1 is 1.16 bits per heavy atom. The van der Waals surface area contributed by atoms with Gasteiger partial charge in [0.05, 0.1) is 16.4 Å². The van der Waals surface area contributed by atoms with Crippen LogP contribution in [0.5, 0.6) is 0 Å². The van der Waals surface area contributed by atoms with Gasteiger partial charge in [0, 0.05) is 23.4 Å². The molecule has 0 unspecified atom stereocenters. The molecule has 3 aromatic rings. The Balaban J connectivity index is 1.46. The average Bonchev–Trinajstić information content (AvgIpc) is 3.23. The van der Waals surface area contributed by atoms with Gasteiger partial charge in [-0.25, -0.2) is 5.43 Å². The van der Waals surface area contributed by atoms with Gasteiger partial charge < -0.3 is 0 Å². The van der Waals surface area contributed by atoms with Crippen molar-refractivity contribution in [2.24, 2.45) is 5.10 Å². The third-order valence-electron chi connectivity index (χ3n) is 4.02. The second-order valence-electron chi connectivity index (χ2n) is 6.44. The highest BCUT2D eigenvalue weighted by Gasteiger charge is 2.10. The van der Waals surface area contributed by atoms with E-state index in [1.807, 2.05) is 0 Å². The third kappa shape index (κ3) is 7.16. The van der Waals surface area contributed by atoms with E-state index in [9.17, 15) is 14.9 Å². The fourth-order valence-electron chi connectivity index (χ4n) is 2.36. The Kier molecular flexibility index (Phi) is 8.15. The summed E-state index contributed by atoms with van der Waals surface area (Å²) in [5.74, 6) is 0.660. The van der Waals surface area contributed by atoms with Crippen LogP contribution in [0.1, 0.15) is 23.6 Å². The number of nitrogens with zero attached hydrogens (tertiary/aromatic N) is 4. The number of carbonyl (C=O) groups is 1. The lowest BCUT2D eigenvalue weighted by Gasteiger charge is -2.02. The van der Waals surface area contributed by atoms with Crippen LogP contribution in [0.4, 0.5) is 5.69 Å². The van der Waals surface area contributed by atoms with Crippen molar-refractivity contribution in [2.75, 3.05) is 5.75 Å². The Morgan fingerprint density at radius 2 is 1.87 bits per heavy atom. The first-order valence-electron chi connectivity index (χ1n) is 9.13. The predicted octanol–water partition coefficient (Wildman–Crippen LogP) is 4.68. The number of non-ortho nitro benzene ring substituents is 1. The van der Waals surface area contributed by atoms with Crippen molar-refractivity contribution in [1.29, 1.82) is 0 Å². The molecule has 0 spiro atoms. The fraction of sp³-hybridized carbons (Fsp3) is 0.200. The van der Waals surface area contributed by atoms with Crippen molar-refractivity contribution in [3.05, 3.63) is 75.3 Å². The maximum absolute atomic E-state index is 12.1. The number of nitrogens with one attached hydrogen (secondary N) is 1. The minimum absolute atomic E-state index is 0.0266. The van der Waals surface area contributed by atoms with E-state index >= 15 is 0 Å². The molecule has 0 saturated heterocycles. The molecule has 1 amide bonds. The van der Waals surface area contributed by atoms with Gasteiger partial charge >= 0.3 is 0 Å². The lowest BCUT2D eigenvalue weighted by atomic mass is 10.1. The third-order valence-corrected chi connectivity index (χ3v) is 7.28. The minimum atomic E-state index is -0.471. The first-order valence-corrected chi connectivity index (χ1v) is 11.9. The Bertz CT molecular complexity index is 1100. The monoisotopic (exact) mass is 473 g/mol. The van der Waals surface area contributed by atoms with Gasteiger partial charge in [-0.05, 0) is 19.4 Å². The van der Waals surface area contributed by atoms with Crippen LogP contribution < -0.4 is 5.43 Å². The summed E-state index contributed by atoms with van der Waals surface area (Å²) in [7, 11) is 0. The van der Waals surface area contributed by atoms with Gasteiger partial charge in [-0.3, -0.25) is 14.9 Å². The highest BCUT2D eigenvalue weighted by atomic mass is 32.2. The number of amides is 1. The van der Waals surface area contributed by atoms with Crippen molar-refractivity contribution in [1.82, 2.24) is 15.6 Å². The van der Waals surface area contributed by atoms with Crippen molar-refractivity contribution in [3.8, 4) is 0 Å². The van der Waals surface area contributed by atoms with Crippen LogP contribution in [0.15, 0.2) is 62.3 Å². The summed E-state index contributed by atoms with van der Waals surface area (Å²) >= 11 is 4.35. The molecule has 3 rings (SSSR count). The number of aromatic nitrogens is 2. The van der Waals surface area contributed by atoms with Crippen LogP contribution in [0.25, 0.3) is 0 Å². The largest absolute Gasteiger partial charge is 0.272 e. The van der Waals surface area contributed by atoms with E-state index in [2.05, 4.69) is 51.9 Å². The normalized spacial score (nSPS) is 11.4. The summed E-state index contributed by atoms with van der Waals surface area (Å²) in [5.41, 5.74) is 5.94. The number of nitro benzene ring substituents is 1. The fourth-order valence-corrected chi connectivity index (χ4v) is 5.13. The lowest BCUT2D eigenvalue weighted by molar-refractivity contribution is -0.384. The van der Waals surface area contributed by atoms with Gasteiger partial charge in [0.15, 0.2) is 8.68 Å². The highest BCUT2D eigenvalue weighted by molar-refractivity contribution is 8.03. The highest BCUT2D eigenvalue weighted by Crippen LogP contribution is 2.30. The molecular weight excluding hydrogens is 454 g/mol.